The van der Waals surface area contributed by atoms with E-state index < -0.39 is 17.5 Å². The van der Waals surface area contributed by atoms with Crippen LogP contribution >= 0.6 is 0 Å². The van der Waals surface area contributed by atoms with Crippen molar-refractivity contribution in [3.8, 4) is 45.7 Å². The van der Waals surface area contributed by atoms with E-state index in [0.717, 1.165) is 31.2 Å². The Morgan fingerprint density at radius 2 is 1.62 bits per heavy atom. The minimum absolute atomic E-state index is 0.0593. The molecule has 0 atom stereocenters. The number of piperidine rings is 1. The van der Waals surface area contributed by atoms with Gasteiger partial charge in [0.15, 0.2) is 11.5 Å². The van der Waals surface area contributed by atoms with Crippen molar-refractivity contribution in [2.24, 2.45) is 0 Å². The fraction of sp³-hybridized carbons (Fsp3) is 0.409. The minimum Gasteiger partial charge on any atom is -0.496 e. The Kier molecular flexibility index (Phi) is 14.5. The van der Waals surface area contributed by atoms with Crippen molar-refractivity contribution in [1.82, 2.24) is 10.3 Å². The number of hydrogen-bond acceptors (Lipinski definition) is 10. The third kappa shape index (κ3) is 11.6. The zero-order valence-electron chi connectivity index (χ0n) is 32.9. The number of anilines is 1. The van der Waals surface area contributed by atoms with Crippen LogP contribution in [0.2, 0.25) is 0 Å². The molecule has 1 fully saturated rings. The average Bonchev–Trinajstić information content (AvgIpc) is 3.19. The van der Waals surface area contributed by atoms with Crippen molar-refractivity contribution in [2.75, 3.05) is 38.8 Å². The number of carbonyl (C=O) groups excluding carboxylic acids is 2. The van der Waals surface area contributed by atoms with Gasteiger partial charge in [-0.15, -0.1) is 0 Å². The van der Waals surface area contributed by atoms with Gasteiger partial charge >= 0.3 is 12.1 Å². The third-order valence-electron chi connectivity index (χ3n) is 9.32. The van der Waals surface area contributed by atoms with E-state index in [1.54, 1.807) is 13.2 Å². The Labute approximate surface area is 328 Å². The molecule has 296 valence electrons. The van der Waals surface area contributed by atoms with Crippen molar-refractivity contribution in [2.45, 2.75) is 84.0 Å². The van der Waals surface area contributed by atoms with Gasteiger partial charge < -0.3 is 33.9 Å². The number of nitriles is 1. The smallest absolute Gasteiger partial charge is 0.407 e. The highest BCUT2D eigenvalue weighted by Crippen LogP contribution is 2.44. The van der Waals surface area contributed by atoms with E-state index in [2.05, 4.69) is 10.2 Å². The van der Waals surface area contributed by atoms with Gasteiger partial charge in [0.05, 0.1) is 37.6 Å². The standard InChI is InChI=1S/C44H51FN4O7/c1-44(2,3)56-43(51)47-34-20-22-49(23-21-34)39-27-38(52-4)41(42(48-39)32-16-17-33(28-46)35(45)25-32)31-18-19-36(54-24-12-7-6-11-15-40(50)53-5)37(26-31)55-29-30-13-9-8-10-14-30/h8-10,13-14,16-19,25-27,34H,6-7,11-12,15,20-24,29H2,1-5H3,(H,47,51). The van der Waals surface area contributed by atoms with Crippen LogP contribution in [-0.2, 0) is 20.9 Å². The summed E-state index contributed by atoms with van der Waals surface area (Å²) in [5, 5.41) is 12.4. The van der Waals surface area contributed by atoms with Crippen molar-refractivity contribution in [3.63, 3.8) is 0 Å². The number of hydrogen-bond donors (Lipinski definition) is 1. The lowest BCUT2D eigenvalue weighted by atomic mass is 9.96. The minimum atomic E-state index is -0.655. The first kappa shape index (κ1) is 41.3. The number of esters is 1. The summed E-state index contributed by atoms with van der Waals surface area (Å²) in [4.78, 5) is 31.1. The van der Waals surface area contributed by atoms with E-state index >= 15 is 4.39 Å². The molecular weight excluding hydrogens is 716 g/mol. The van der Waals surface area contributed by atoms with E-state index in [9.17, 15) is 14.9 Å². The van der Waals surface area contributed by atoms with Crippen LogP contribution in [0.5, 0.6) is 17.2 Å². The van der Waals surface area contributed by atoms with Gasteiger partial charge in [-0.25, -0.2) is 14.2 Å². The van der Waals surface area contributed by atoms with Gasteiger partial charge in [-0.3, -0.25) is 4.79 Å². The first-order chi connectivity index (χ1) is 27.0. The normalized spacial score (nSPS) is 13.1. The average molecular weight is 767 g/mol. The van der Waals surface area contributed by atoms with Crippen LogP contribution in [0.25, 0.3) is 22.4 Å². The monoisotopic (exact) mass is 766 g/mol. The summed E-state index contributed by atoms with van der Waals surface area (Å²) in [6.45, 7) is 7.46. The number of halogens is 1. The van der Waals surface area contributed by atoms with Gasteiger partial charge in [0.2, 0.25) is 0 Å². The van der Waals surface area contributed by atoms with E-state index in [1.165, 1.54) is 19.2 Å². The summed E-state index contributed by atoms with van der Waals surface area (Å²) in [7, 11) is 2.98. The largest absolute Gasteiger partial charge is 0.496 e. The third-order valence-corrected chi connectivity index (χ3v) is 9.32. The maximum atomic E-state index is 15.2. The summed E-state index contributed by atoms with van der Waals surface area (Å²) >= 11 is 0. The number of rotatable bonds is 16. The Hall–Kier alpha value is -5.83. The van der Waals surface area contributed by atoms with Gasteiger partial charge in [0.25, 0.3) is 0 Å². The quantitative estimate of drug-likeness (QED) is 0.0871. The van der Waals surface area contributed by atoms with E-state index in [-0.39, 0.29) is 17.6 Å². The molecule has 0 aliphatic carbocycles. The molecule has 0 saturated carbocycles. The van der Waals surface area contributed by atoms with Crippen LogP contribution in [0.3, 0.4) is 0 Å². The van der Waals surface area contributed by atoms with Crippen LogP contribution in [0.4, 0.5) is 15.0 Å². The fourth-order valence-corrected chi connectivity index (χ4v) is 6.44. The summed E-state index contributed by atoms with van der Waals surface area (Å²) in [6, 6.07) is 23.6. The molecule has 0 bridgehead atoms. The highest BCUT2D eigenvalue weighted by Gasteiger charge is 2.27. The Bertz CT molecular complexity index is 1990. The van der Waals surface area contributed by atoms with Crippen molar-refractivity contribution in [1.29, 1.82) is 5.26 Å². The van der Waals surface area contributed by atoms with Crippen molar-refractivity contribution >= 4 is 17.9 Å². The highest BCUT2D eigenvalue weighted by molar-refractivity contribution is 5.88. The van der Waals surface area contributed by atoms with Crippen LogP contribution < -0.4 is 24.4 Å². The lowest BCUT2D eigenvalue weighted by molar-refractivity contribution is -0.140. The number of alkyl carbamates (subject to hydrolysis) is 1. The van der Waals surface area contributed by atoms with Crippen molar-refractivity contribution in [3.05, 3.63) is 89.7 Å². The molecule has 11 nitrogen and oxygen atoms in total. The van der Waals surface area contributed by atoms with Gasteiger partial charge in [-0.05, 0) is 81.8 Å². The second-order valence-electron chi connectivity index (χ2n) is 14.6. The molecule has 4 aromatic rings. The fourth-order valence-electron chi connectivity index (χ4n) is 6.44. The van der Waals surface area contributed by atoms with Crippen LogP contribution in [0.15, 0.2) is 72.8 Å². The Balaban J connectivity index is 1.46. The number of carbonyl (C=O) groups is 2. The van der Waals surface area contributed by atoms with Crippen molar-refractivity contribution < 1.29 is 37.7 Å². The first-order valence-electron chi connectivity index (χ1n) is 19.0. The SMILES string of the molecule is COC(=O)CCCCCCOc1ccc(-c2c(OC)cc(N3CCC(NC(=O)OC(C)(C)C)CC3)nc2-c2ccc(C#N)c(F)c2)cc1OCc1ccccc1. The molecule has 3 aromatic carbocycles. The van der Waals surface area contributed by atoms with E-state index in [0.29, 0.717) is 91.0 Å². The van der Waals surface area contributed by atoms with Gasteiger partial charge in [0, 0.05) is 37.2 Å². The number of amides is 1. The summed E-state index contributed by atoms with van der Waals surface area (Å²) in [5.41, 5.74) is 2.58. The molecule has 1 N–H and O–H groups in total. The number of aromatic nitrogens is 1. The summed E-state index contributed by atoms with van der Waals surface area (Å²) < 4.78 is 44.1. The maximum absolute atomic E-state index is 15.2. The molecule has 56 heavy (non-hydrogen) atoms. The van der Waals surface area contributed by atoms with Gasteiger partial charge in [0.1, 0.15) is 35.7 Å². The molecule has 1 saturated heterocycles. The Morgan fingerprint density at radius 1 is 0.893 bits per heavy atom. The van der Waals surface area contributed by atoms with Gasteiger partial charge in [-0.2, -0.15) is 5.26 Å². The molecule has 1 amide bonds. The second kappa shape index (κ2) is 19.7. The van der Waals surface area contributed by atoms with E-state index in [4.69, 9.17) is 28.7 Å². The molecule has 12 heteroatoms. The number of nitrogens with one attached hydrogen (secondary N) is 1. The molecular formula is C44H51FN4O7. The van der Waals surface area contributed by atoms with Crippen LogP contribution in [0.1, 0.15) is 76.8 Å². The highest BCUT2D eigenvalue weighted by atomic mass is 19.1. The molecule has 0 radical (unpaired) electrons. The number of pyridine rings is 1. The summed E-state index contributed by atoms with van der Waals surface area (Å²) in [5.74, 6) is 1.37. The summed E-state index contributed by atoms with van der Waals surface area (Å²) in [6.07, 6.45) is 4.63. The van der Waals surface area contributed by atoms with E-state index in [1.807, 2.05) is 81.4 Å². The molecule has 2 heterocycles. The molecule has 1 aliphatic heterocycles. The lowest BCUT2D eigenvalue weighted by Crippen LogP contribution is -2.46. The van der Waals surface area contributed by atoms with Crippen LogP contribution in [-0.4, -0.2) is 62.6 Å². The van der Waals surface area contributed by atoms with Crippen LogP contribution in [0, 0.1) is 17.1 Å². The first-order valence-corrected chi connectivity index (χ1v) is 19.0. The Morgan fingerprint density at radius 3 is 2.30 bits per heavy atom. The molecule has 0 spiro atoms. The topological polar surface area (TPSA) is 132 Å². The molecule has 1 aromatic heterocycles. The number of unbranched alkanes of at least 4 members (excludes halogenated alkanes) is 3. The number of methoxy groups -OCH3 is 2. The number of benzene rings is 3. The zero-order valence-corrected chi connectivity index (χ0v) is 32.9. The number of ether oxygens (including phenoxy) is 5. The molecule has 1 aliphatic rings. The molecule has 0 unspecified atom stereocenters. The maximum Gasteiger partial charge on any atom is 0.407 e. The van der Waals surface area contributed by atoms with Gasteiger partial charge in [-0.1, -0.05) is 55.3 Å². The molecule has 5 rings (SSSR count). The second-order valence-corrected chi connectivity index (χ2v) is 14.6. The lowest BCUT2D eigenvalue weighted by Gasteiger charge is -2.34. The predicted octanol–water partition coefficient (Wildman–Crippen LogP) is 9.01. The number of nitrogens with zero attached hydrogens (tertiary/aromatic N) is 3. The predicted molar refractivity (Wildman–Crippen MR) is 212 cm³/mol. The zero-order chi connectivity index (χ0) is 40.1.